The zero-order valence-electron chi connectivity index (χ0n) is 11.0. The normalized spacial score (nSPS) is 11.2. The average molecular weight is 293 g/mol. The van der Waals surface area contributed by atoms with Gasteiger partial charge in [-0.05, 0) is 12.1 Å². The number of carbonyl (C=O) groups is 1. The molecule has 1 heterocycles. The first-order valence-electron chi connectivity index (χ1n) is 6.05. The van der Waals surface area contributed by atoms with Crippen molar-refractivity contribution in [2.24, 2.45) is 7.05 Å². The predicted molar refractivity (Wildman–Crippen MR) is 74.9 cm³/mol. The summed E-state index contributed by atoms with van der Waals surface area (Å²) >= 11 is 0. The van der Waals surface area contributed by atoms with Gasteiger partial charge in [0, 0.05) is 25.7 Å². The first-order valence-corrected chi connectivity index (χ1v) is 7.70. The molecule has 0 saturated heterocycles. The van der Waals surface area contributed by atoms with E-state index < -0.39 is 9.84 Å². The third-order valence-corrected chi connectivity index (χ3v) is 4.41. The van der Waals surface area contributed by atoms with Crippen LogP contribution in [0.1, 0.15) is 6.42 Å². The summed E-state index contributed by atoms with van der Waals surface area (Å²) in [6.07, 6.45) is 1.59. The summed E-state index contributed by atoms with van der Waals surface area (Å²) in [7, 11) is -1.70. The number of hydrogen-bond acceptors (Lipinski definition) is 4. The van der Waals surface area contributed by atoms with Crippen molar-refractivity contribution in [1.82, 2.24) is 9.78 Å². The molecule has 0 atom stereocenters. The SMILES string of the molecule is Cn1ccc(NC(=O)CCS(=O)(=O)c2ccccc2)n1. The summed E-state index contributed by atoms with van der Waals surface area (Å²) in [6, 6.07) is 9.73. The van der Waals surface area contributed by atoms with Crippen LogP contribution in [-0.2, 0) is 21.7 Å². The Morgan fingerprint density at radius 1 is 1.25 bits per heavy atom. The number of benzene rings is 1. The van der Waals surface area contributed by atoms with Crippen LogP contribution in [0.25, 0.3) is 0 Å². The zero-order valence-corrected chi connectivity index (χ0v) is 11.8. The number of nitrogens with one attached hydrogen (secondary N) is 1. The Morgan fingerprint density at radius 2 is 1.95 bits per heavy atom. The fraction of sp³-hybridized carbons (Fsp3) is 0.231. The van der Waals surface area contributed by atoms with Gasteiger partial charge in [0.05, 0.1) is 10.6 Å². The van der Waals surface area contributed by atoms with E-state index in [2.05, 4.69) is 10.4 Å². The van der Waals surface area contributed by atoms with Gasteiger partial charge in [-0.3, -0.25) is 9.48 Å². The number of nitrogens with zero attached hydrogens (tertiary/aromatic N) is 2. The number of carbonyl (C=O) groups excluding carboxylic acids is 1. The highest BCUT2D eigenvalue weighted by Crippen LogP contribution is 2.11. The van der Waals surface area contributed by atoms with E-state index in [0.717, 1.165) is 0 Å². The summed E-state index contributed by atoms with van der Waals surface area (Å²) in [5, 5.41) is 6.54. The Labute approximate surface area is 117 Å². The molecule has 0 aliphatic rings. The van der Waals surface area contributed by atoms with Crippen molar-refractivity contribution >= 4 is 21.6 Å². The second-order valence-corrected chi connectivity index (χ2v) is 6.41. The summed E-state index contributed by atoms with van der Waals surface area (Å²) in [4.78, 5) is 11.9. The third-order valence-electron chi connectivity index (χ3n) is 2.68. The number of amides is 1. The number of hydrogen-bond donors (Lipinski definition) is 1. The lowest BCUT2D eigenvalue weighted by Gasteiger charge is -2.04. The highest BCUT2D eigenvalue weighted by Gasteiger charge is 2.16. The standard InChI is InChI=1S/C13H15N3O3S/c1-16-9-7-12(15-16)14-13(17)8-10-20(18,19)11-5-3-2-4-6-11/h2-7,9H,8,10H2,1H3,(H,14,15,17). The molecule has 1 aromatic carbocycles. The highest BCUT2D eigenvalue weighted by molar-refractivity contribution is 7.91. The molecule has 0 bridgehead atoms. The maximum Gasteiger partial charge on any atom is 0.226 e. The van der Waals surface area contributed by atoms with Gasteiger partial charge >= 0.3 is 0 Å². The molecule has 106 valence electrons. The van der Waals surface area contributed by atoms with Crippen molar-refractivity contribution in [2.75, 3.05) is 11.1 Å². The Bertz CT molecular complexity index is 693. The summed E-state index contributed by atoms with van der Waals surface area (Å²) in [5.41, 5.74) is 0. The number of rotatable bonds is 5. The van der Waals surface area contributed by atoms with E-state index in [9.17, 15) is 13.2 Å². The van der Waals surface area contributed by atoms with Gasteiger partial charge in [0.1, 0.15) is 0 Å². The van der Waals surface area contributed by atoms with Gasteiger partial charge in [0.25, 0.3) is 0 Å². The van der Waals surface area contributed by atoms with Gasteiger partial charge < -0.3 is 5.32 Å². The number of sulfone groups is 1. The highest BCUT2D eigenvalue weighted by atomic mass is 32.2. The molecule has 7 heteroatoms. The second kappa shape index (κ2) is 5.87. The Kier molecular flexibility index (Phi) is 4.19. The summed E-state index contributed by atoms with van der Waals surface area (Å²) < 4.78 is 25.5. The fourth-order valence-electron chi connectivity index (χ4n) is 1.66. The van der Waals surface area contributed by atoms with Crippen LogP contribution in [0.5, 0.6) is 0 Å². The molecular weight excluding hydrogens is 278 g/mol. The lowest BCUT2D eigenvalue weighted by molar-refractivity contribution is -0.115. The molecule has 2 rings (SSSR count). The first-order chi connectivity index (χ1) is 9.47. The van der Waals surface area contributed by atoms with Crippen LogP contribution in [0.4, 0.5) is 5.82 Å². The number of anilines is 1. The zero-order chi connectivity index (χ0) is 14.6. The minimum atomic E-state index is -3.43. The Hall–Kier alpha value is -2.15. The molecule has 0 aliphatic carbocycles. The van der Waals surface area contributed by atoms with Crippen LogP contribution in [0.2, 0.25) is 0 Å². The minimum Gasteiger partial charge on any atom is -0.309 e. The molecule has 1 amide bonds. The molecule has 1 N–H and O–H groups in total. The third kappa shape index (κ3) is 3.67. The number of aromatic nitrogens is 2. The monoisotopic (exact) mass is 293 g/mol. The summed E-state index contributed by atoms with van der Waals surface area (Å²) in [5.74, 6) is -0.187. The van der Waals surface area contributed by atoms with Crippen molar-refractivity contribution in [3.63, 3.8) is 0 Å². The van der Waals surface area contributed by atoms with Gasteiger partial charge in [-0.25, -0.2) is 8.42 Å². The smallest absolute Gasteiger partial charge is 0.226 e. The maximum atomic E-state index is 12.0. The van der Waals surface area contributed by atoms with Crippen LogP contribution in [0.3, 0.4) is 0 Å². The van der Waals surface area contributed by atoms with Crippen LogP contribution >= 0.6 is 0 Å². The van der Waals surface area contributed by atoms with E-state index in [4.69, 9.17) is 0 Å². The molecular formula is C13H15N3O3S. The molecule has 0 radical (unpaired) electrons. The number of aryl methyl sites for hydroxylation is 1. The van der Waals surface area contributed by atoms with E-state index >= 15 is 0 Å². The molecule has 0 spiro atoms. The van der Waals surface area contributed by atoms with E-state index in [-0.39, 0.29) is 23.0 Å². The molecule has 6 nitrogen and oxygen atoms in total. The quantitative estimate of drug-likeness (QED) is 0.898. The van der Waals surface area contributed by atoms with Crippen LogP contribution in [0.15, 0.2) is 47.5 Å². The van der Waals surface area contributed by atoms with Gasteiger partial charge in [-0.1, -0.05) is 18.2 Å². The van der Waals surface area contributed by atoms with Gasteiger partial charge in [-0.15, -0.1) is 0 Å². The van der Waals surface area contributed by atoms with Gasteiger partial charge in [0.2, 0.25) is 5.91 Å². The van der Waals surface area contributed by atoms with Crippen molar-refractivity contribution in [1.29, 1.82) is 0 Å². The lowest BCUT2D eigenvalue weighted by Crippen LogP contribution is -2.17. The van der Waals surface area contributed by atoms with Crippen LogP contribution in [-0.4, -0.2) is 29.9 Å². The molecule has 0 saturated carbocycles. The van der Waals surface area contributed by atoms with E-state index in [1.807, 2.05) is 0 Å². The molecule has 0 unspecified atom stereocenters. The largest absolute Gasteiger partial charge is 0.309 e. The van der Waals surface area contributed by atoms with Crippen molar-refractivity contribution in [3.05, 3.63) is 42.6 Å². The molecule has 0 fully saturated rings. The molecule has 1 aromatic heterocycles. The van der Waals surface area contributed by atoms with E-state index in [1.54, 1.807) is 42.2 Å². The second-order valence-electron chi connectivity index (χ2n) is 4.30. The minimum absolute atomic E-state index is 0.103. The summed E-state index contributed by atoms with van der Waals surface area (Å²) in [6.45, 7) is 0. The average Bonchev–Trinajstić information content (AvgIpc) is 2.83. The van der Waals surface area contributed by atoms with Gasteiger partial charge in [-0.2, -0.15) is 5.10 Å². The van der Waals surface area contributed by atoms with Crippen LogP contribution in [0, 0.1) is 0 Å². The molecule has 0 aliphatic heterocycles. The Balaban J connectivity index is 1.93. The molecule has 2 aromatic rings. The van der Waals surface area contributed by atoms with Crippen LogP contribution < -0.4 is 5.32 Å². The Morgan fingerprint density at radius 3 is 2.55 bits per heavy atom. The predicted octanol–water partition coefficient (Wildman–Crippen LogP) is 1.22. The van der Waals surface area contributed by atoms with Crippen molar-refractivity contribution in [3.8, 4) is 0 Å². The molecule has 20 heavy (non-hydrogen) atoms. The topological polar surface area (TPSA) is 81.1 Å². The van der Waals surface area contributed by atoms with Crippen molar-refractivity contribution in [2.45, 2.75) is 11.3 Å². The lowest BCUT2D eigenvalue weighted by atomic mass is 10.4. The van der Waals surface area contributed by atoms with Crippen molar-refractivity contribution < 1.29 is 13.2 Å². The van der Waals surface area contributed by atoms with E-state index in [0.29, 0.717) is 5.82 Å². The fourth-order valence-corrected chi connectivity index (χ4v) is 2.92. The first kappa shape index (κ1) is 14.3. The van der Waals surface area contributed by atoms with Gasteiger partial charge in [0.15, 0.2) is 15.7 Å². The maximum absolute atomic E-state index is 12.0. The van der Waals surface area contributed by atoms with E-state index in [1.165, 1.54) is 12.1 Å².